The van der Waals surface area contributed by atoms with E-state index in [9.17, 15) is 19.2 Å². The Morgan fingerprint density at radius 1 is 1.00 bits per heavy atom. The van der Waals surface area contributed by atoms with Gasteiger partial charge in [-0.15, -0.1) is 0 Å². The first-order valence-electron chi connectivity index (χ1n) is 10.3. The van der Waals surface area contributed by atoms with Gasteiger partial charge in [0.2, 0.25) is 5.91 Å². The number of thioether (sulfide) groups is 1. The Balaban J connectivity index is 1.25. The second-order valence-corrected chi connectivity index (χ2v) is 8.97. The van der Waals surface area contributed by atoms with Gasteiger partial charge >= 0.3 is 0 Å². The lowest BCUT2D eigenvalue weighted by Crippen LogP contribution is -2.33. The van der Waals surface area contributed by atoms with Crippen LogP contribution in [0.2, 0.25) is 0 Å². The highest BCUT2D eigenvalue weighted by Crippen LogP contribution is 2.59. The number of nitrogens with zero attached hydrogens (tertiary/aromatic N) is 1. The number of fused-ring (bicyclic) bond motifs is 2. The Morgan fingerprint density at radius 2 is 1.72 bits per heavy atom. The number of nitrogens with one attached hydrogen (secondary N) is 1. The van der Waals surface area contributed by atoms with Crippen molar-refractivity contribution >= 4 is 34.7 Å². The maximum atomic E-state index is 12.5. The Kier molecular flexibility index (Phi) is 5.13. The molecule has 4 amide bonds. The molecule has 0 bridgehead atoms. The average molecular weight is 452 g/mol. The maximum absolute atomic E-state index is 12.5. The van der Waals surface area contributed by atoms with Crippen LogP contribution in [0.3, 0.4) is 0 Å². The lowest BCUT2D eigenvalue weighted by Gasteiger charge is -2.16. The standard InChI is InChI=1S/C23H20N2O6S/c1-30-12-7-8-16(15(11-12)17-18-19(17)32-23(29)24-20(18)26)31-10-4-9-25-21(27)13-5-2-3-6-14(13)22(25)28/h2-3,5-8,11,17-19H,4,9-10H2,1H3,(H,24,26,29). The van der Waals surface area contributed by atoms with E-state index in [-0.39, 0.29) is 53.2 Å². The summed E-state index contributed by atoms with van der Waals surface area (Å²) in [4.78, 5) is 50.1. The van der Waals surface area contributed by atoms with Crippen LogP contribution < -0.4 is 14.8 Å². The number of amides is 4. The molecule has 3 aliphatic rings. The van der Waals surface area contributed by atoms with Crippen molar-refractivity contribution in [1.29, 1.82) is 0 Å². The van der Waals surface area contributed by atoms with E-state index in [1.165, 1.54) is 4.90 Å². The number of benzene rings is 2. The molecule has 2 fully saturated rings. The normalized spacial score (nSPS) is 23.5. The Bertz CT molecular complexity index is 1110. The molecule has 5 rings (SSSR count). The third-order valence-electron chi connectivity index (χ3n) is 5.96. The SMILES string of the molecule is COc1ccc(OCCCN2C(=O)c3ccccc3C2=O)c(C2C3SC(=O)NC(=O)C32)c1. The summed E-state index contributed by atoms with van der Waals surface area (Å²) in [6, 6.07) is 12.2. The summed E-state index contributed by atoms with van der Waals surface area (Å²) in [5.74, 6) is 0.00425. The second kappa shape index (κ2) is 7.98. The fourth-order valence-corrected chi connectivity index (χ4v) is 5.56. The van der Waals surface area contributed by atoms with Gasteiger partial charge < -0.3 is 9.47 Å². The minimum Gasteiger partial charge on any atom is -0.497 e. The molecule has 2 aromatic rings. The lowest BCUT2D eigenvalue weighted by molar-refractivity contribution is -0.121. The molecule has 164 valence electrons. The Hall–Kier alpha value is -3.33. The minimum absolute atomic E-state index is 0.107. The molecule has 2 aliphatic heterocycles. The molecule has 1 aliphatic carbocycles. The first kappa shape index (κ1) is 20.6. The van der Waals surface area contributed by atoms with Crippen molar-refractivity contribution in [2.24, 2.45) is 5.92 Å². The highest BCUT2D eigenvalue weighted by molar-refractivity contribution is 8.14. The summed E-state index contributed by atoms with van der Waals surface area (Å²) in [5.41, 5.74) is 1.67. The predicted octanol–water partition coefficient (Wildman–Crippen LogP) is 2.83. The highest BCUT2D eigenvalue weighted by Gasteiger charge is 2.60. The molecule has 2 heterocycles. The zero-order chi connectivity index (χ0) is 22.4. The number of carbonyl (C=O) groups is 4. The molecule has 1 N–H and O–H groups in total. The molecule has 1 saturated carbocycles. The lowest BCUT2D eigenvalue weighted by atomic mass is 10.1. The molecule has 0 radical (unpaired) electrons. The van der Waals surface area contributed by atoms with Crippen molar-refractivity contribution in [3.05, 3.63) is 59.2 Å². The molecule has 8 nitrogen and oxygen atoms in total. The molecule has 3 atom stereocenters. The zero-order valence-electron chi connectivity index (χ0n) is 17.2. The van der Waals surface area contributed by atoms with Crippen LogP contribution in [0.1, 0.15) is 38.6 Å². The van der Waals surface area contributed by atoms with E-state index < -0.39 is 0 Å². The van der Waals surface area contributed by atoms with Crippen LogP contribution in [-0.4, -0.2) is 53.4 Å². The summed E-state index contributed by atoms with van der Waals surface area (Å²) in [5, 5.41) is 1.93. The van der Waals surface area contributed by atoms with Gasteiger partial charge in [0, 0.05) is 23.3 Å². The quantitative estimate of drug-likeness (QED) is 0.509. The minimum atomic E-state index is -0.329. The van der Waals surface area contributed by atoms with E-state index in [2.05, 4.69) is 5.32 Å². The molecule has 1 saturated heterocycles. The van der Waals surface area contributed by atoms with Crippen LogP contribution in [0.5, 0.6) is 11.5 Å². The van der Waals surface area contributed by atoms with Gasteiger partial charge in [-0.3, -0.25) is 29.4 Å². The average Bonchev–Trinajstić information content (AvgIpc) is 3.46. The smallest absolute Gasteiger partial charge is 0.285 e. The zero-order valence-corrected chi connectivity index (χ0v) is 18.0. The van der Waals surface area contributed by atoms with Crippen molar-refractivity contribution in [3.63, 3.8) is 0 Å². The van der Waals surface area contributed by atoms with E-state index in [1.54, 1.807) is 43.5 Å². The van der Waals surface area contributed by atoms with Crippen LogP contribution in [-0.2, 0) is 4.79 Å². The van der Waals surface area contributed by atoms with Crippen molar-refractivity contribution < 1.29 is 28.7 Å². The van der Waals surface area contributed by atoms with E-state index in [0.717, 1.165) is 17.3 Å². The van der Waals surface area contributed by atoms with E-state index in [4.69, 9.17) is 9.47 Å². The largest absolute Gasteiger partial charge is 0.497 e. The van der Waals surface area contributed by atoms with Crippen LogP contribution in [0.4, 0.5) is 4.79 Å². The molecule has 3 unspecified atom stereocenters. The van der Waals surface area contributed by atoms with Gasteiger partial charge in [0.05, 0.1) is 30.8 Å². The number of hydrogen-bond acceptors (Lipinski definition) is 7. The Morgan fingerprint density at radius 3 is 2.41 bits per heavy atom. The number of hydrogen-bond donors (Lipinski definition) is 1. The van der Waals surface area contributed by atoms with Crippen LogP contribution >= 0.6 is 11.8 Å². The molecule has 9 heteroatoms. The van der Waals surface area contributed by atoms with E-state index >= 15 is 0 Å². The fraction of sp³-hybridized carbons (Fsp3) is 0.304. The van der Waals surface area contributed by atoms with Crippen molar-refractivity contribution in [2.45, 2.75) is 17.6 Å². The first-order valence-corrected chi connectivity index (χ1v) is 11.1. The van der Waals surface area contributed by atoms with Gasteiger partial charge in [-0.2, -0.15) is 0 Å². The summed E-state index contributed by atoms with van der Waals surface area (Å²) < 4.78 is 11.3. The summed E-state index contributed by atoms with van der Waals surface area (Å²) in [6.45, 7) is 0.534. The van der Waals surface area contributed by atoms with Crippen molar-refractivity contribution in [2.75, 3.05) is 20.3 Å². The van der Waals surface area contributed by atoms with E-state index in [0.29, 0.717) is 29.0 Å². The Labute approximate surface area is 188 Å². The monoisotopic (exact) mass is 452 g/mol. The predicted molar refractivity (Wildman–Crippen MR) is 116 cm³/mol. The summed E-state index contributed by atoms with van der Waals surface area (Å²) >= 11 is 1.13. The number of imide groups is 2. The third kappa shape index (κ3) is 3.42. The van der Waals surface area contributed by atoms with Crippen LogP contribution in [0.15, 0.2) is 42.5 Å². The number of ether oxygens (including phenoxy) is 2. The van der Waals surface area contributed by atoms with Crippen LogP contribution in [0, 0.1) is 5.92 Å². The topological polar surface area (TPSA) is 102 Å². The molecule has 0 spiro atoms. The maximum Gasteiger partial charge on any atom is 0.285 e. The van der Waals surface area contributed by atoms with Gasteiger partial charge in [0.15, 0.2) is 0 Å². The van der Waals surface area contributed by atoms with Gasteiger partial charge in [-0.25, -0.2) is 0 Å². The highest BCUT2D eigenvalue weighted by atomic mass is 32.2. The second-order valence-electron chi connectivity index (χ2n) is 7.82. The molecule has 2 aromatic carbocycles. The molecule has 32 heavy (non-hydrogen) atoms. The molecular weight excluding hydrogens is 432 g/mol. The fourth-order valence-electron chi connectivity index (χ4n) is 4.34. The first-order chi connectivity index (χ1) is 15.5. The number of carbonyl (C=O) groups excluding carboxylic acids is 4. The van der Waals surface area contributed by atoms with Gasteiger partial charge in [-0.1, -0.05) is 23.9 Å². The third-order valence-corrected chi connectivity index (χ3v) is 7.14. The molecular formula is C23H20N2O6S. The van der Waals surface area contributed by atoms with Gasteiger partial charge in [0.25, 0.3) is 17.1 Å². The number of rotatable bonds is 7. The van der Waals surface area contributed by atoms with Gasteiger partial charge in [-0.05, 0) is 36.8 Å². The van der Waals surface area contributed by atoms with Crippen molar-refractivity contribution in [1.82, 2.24) is 10.2 Å². The number of methoxy groups -OCH3 is 1. The summed E-state index contributed by atoms with van der Waals surface area (Å²) in [7, 11) is 1.56. The molecule has 0 aromatic heterocycles. The summed E-state index contributed by atoms with van der Waals surface area (Å²) in [6.07, 6.45) is 0.460. The van der Waals surface area contributed by atoms with Gasteiger partial charge in [0.1, 0.15) is 11.5 Å². The van der Waals surface area contributed by atoms with Crippen molar-refractivity contribution in [3.8, 4) is 11.5 Å². The van der Waals surface area contributed by atoms with Crippen LogP contribution in [0.25, 0.3) is 0 Å². The van der Waals surface area contributed by atoms with E-state index in [1.807, 2.05) is 6.07 Å².